The van der Waals surface area contributed by atoms with E-state index in [9.17, 15) is 14.9 Å². The molecular weight excluding hydrogens is 260 g/mol. The van der Waals surface area contributed by atoms with Crippen LogP contribution in [0.2, 0.25) is 0 Å². The second-order valence-corrected chi connectivity index (χ2v) is 4.37. The lowest BCUT2D eigenvalue weighted by molar-refractivity contribution is -0.385. The van der Waals surface area contributed by atoms with Gasteiger partial charge in [-0.3, -0.25) is 20.0 Å². The van der Waals surface area contributed by atoms with Crippen LogP contribution in [0.4, 0.5) is 5.69 Å². The fraction of sp³-hybridized carbons (Fsp3) is 0.0769. The van der Waals surface area contributed by atoms with Crippen LogP contribution in [0.25, 0.3) is 16.9 Å². The second kappa shape index (κ2) is 4.30. The second-order valence-electron chi connectivity index (χ2n) is 4.37. The van der Waals surface area contributed by atoms with Crippen LogP contribution in [0.5, 0.6) is 0 Å². The Hall–Kier alpha value is -2.96. The zero-order chi connectivity index (χ0) is 14.3. The Kier molecular flexibility index (Phi) is 2.60. The predicted molar refractivity (Wildman–Crippen MR) is 72.6 cm³/mol. The number of benzene rings is 1. The van der Waals surface area contributed by atoms with E-state index in [2.05, 4.69) is 10.1 Å². The van der Waals surface area contributed by atoms with E-state index in [1.54, 1.807) is 43.3 Å². The van der Waals surface area contributed by atoms with Gasteiger partial charge in [0.25, 0.3) is 0 Å². The molecule has 0 unspecified atom stereocenters. The molecular formula is C13H10N4O3. The van der Waals surface area contributed by atoms with Crippen LogP contribution in [0.3, 0.4) is 0 Å². The Morgan fingerprint density at radius 1 is 1.30 bits per heavy atom. The summed E-state index contributed by atoms with van der Waals surface area (Å²) in [7, 11) is 0. The van der Waals surface area contributed by atoms with Crippen molar-refractivity contribution in [1.29, 1.82) is 0 Å². The molecule has 0 aliphatic heterocycles. The average molecular weight is 270 g/mol. The normalized spacial score (nSPS) is 10.8. The van der Waals surface area contributed by atoms with Gasteiger partial charge in [-0.1, -0.05) is 30.3 Å². The Morgan fingerprint density at radius 2 is 2.00 bits per heavy atom. The van der Waals surface area contributed by atoms with Crippen LogP contribution < -0.4 is 5.56 Å². The lowest BCUT2D eigenvalue weighted by atomic mass is 10.1. The highest BCUT2D eigenvalue weighted by Gasteiger charge is 2.25. The average Bonchev–Trinajstić information content (AvgIpc) is 2.80. The van der Waals surface area contributed by atoms with Gasteiger partial charge in [0.1, 0.15) is 0 Å². The molecule has 0 saturated carbocycles. The first-order valence-corrected chi connectivity index (χ1v) is 5.90. The molecule has 0 radical (unpaired) electrons. The highest BCUT2D eigenvalue weighted by molar-refractivity contribution is 5.71. The van der Waals surface area contributed by atoms with Crippen molar-refractivity contribution in [2.45, 2.75) is 6.92 Å². The standard InChI is InChI=1S/C13H10N4O3/c1-8-7-10-14-11(9-5-3-2-4-6-9)12(17(19)20)13(18)16(10)15-8/h2-7,15H,1H3. The third-order valence-corrected chi connectivity index (χ3v) is 2.95. The zero-order valence-electron chi connectivity index (χ0n) is 10.5. The molecule has 0 aliphatic carbocycles. The Morgan fingerprint density at radius 3 is 2.65 bits per heavy atom. The summed E-state index contributed by atoms with van der Waals surface area (Å²) in [6.07, 6.45) is 0. The molecule has 20 heavy (non-hydrogen) atoms. The smallest absolute Gasteiger partial charge is 0.294 e. The molecule has 100 valence electrons. The Bertz CT molecular complexity index is 864. The van der Waals surface area contributed by atoms with Crippen molar-refractivity contribution in [1.82, 2.24) is 14.6 Å². The fourth-order valence-corrected chi connectivity index (χ4v) is 2.10. The maximum Gasteiger partial charge on any atom is 0.361 e. The van der Waals surface area contributed by atoms with E-state index in [1.165, 1.54) is 0 Å². The summed E-state index contributed by atoms with van der Waals surface area (Å²) >= 11 is 0. The molecule has 0 aliphatic rings. The van der Waals surface area contributed by atoms with E-state index in [4.69, 9.17) is 0 Å². The first-order valence-electron chi connectivity index (χ1n) is 5.90. The minimum absolute atomic E-state index is 0.0830. The van der Waals surface area contributed by atoms with Crippen molar-refractivity contribution in [2.24, 2.45) is 0 Å². The van der Waals surface area contributed by atoms with Crippen molar-refractivity contribution in [3.63, 3.8) is 0 Å². The van der Waals surface area contributed by atoms with Gasteiger partial charge in [0.2, 0.25) is 0 Å². The van der Waals surface area contributed by atoms with Crippen LogP contribution in [-0.2, 0) is 0 Å². The number of aromatic amines is 1. The number of nitrogens with one attached hydrogen (secondary N) is 1. The van der Waals surface area contributed by atoms with Crippen LogP contribution in [0.15, 0.2) is 41.2 Å². The number of fused-ring (bicyclic) bond motifs is 1. The number of aryl methyl sites for hydroxylation is 1. The molecule has 0 amide bonds. The minimum atomic E-state index is -0.716. The largest absolute Gasteiger partial charge is 0.361 e. The van der Waals surface area contributed by atoms with Crippen LogP contribution in [0, 0.1) is 17.0 Å². The van der Waals surface area contributed by atoms with Crippen molar-refractivity contribution in [3.05, 3.63) is 62.6 Å². The summed E-state index contributed by atoms with van der Waals surface area (Å²) in [5.74, 6) is 0. The van der Waals surface area contributed by atoms with Gasteiger partial charge in [-0.15, -0.1) is 0 Å². The van der Waals surface area contributed by atoms with Gasteiger partial charge in [0.15, 0.2) is 11.3 Å². The van der Waals surface area contributed by atoms with Gasteiger partial charge < -0.3 is 0 Å². The number of hydrogen-bond donors (Lipinski definition) is 1. The molecule has 3 rings (SSSR count). The van der Waals surface area contributed by atoms with Gasteiger partial charge in [-0.25, -0.2) is 4.98 Å². The lowest BCUT2D eigenvalue weighted by Crippen LogP contribution is -2.20. The van der Waals surface area contributed by atoms with Crippen molar-refractivity contribution in [2.75, 3.05) is 0 Å². The molecule has 0 saturated heterocycles. The summed E-state index contributed by atoms with van der Waals surface area (Å²) in [5, 5.41) is 13.9. The number of H-pyrrole nitrogens is 1. The van der Waals surface area contributed by atoms with E-state index >= 15 is 0 Å². The van der Waals surface area contributed by atoms with Crippen molar-refractivity contribution < 1.29 is 4.92 Å². The van der Waals surface area contributed by atoms with Gasteiger partial charge in [-0.05, 0) is 6.92 Å². The summed E-state index contributed by atoms with van der Waals surface area (Å²) in [6, 6.07) is 10.3. The Balaban J connectivity index is 2.44. The molecule has 0 fully saturated rings. The molecule has 2 aromatic heterocycles. The summed E-state index contributed by atoms with van der Waals surface area (Å²) < 4.78 is 1.08. The highest BCUT2D eigenvalue weighted by atomic mass is 16.6. The zero-order valence-corrected chi connectivity index (χ0v) is 10.5. The number of nitro groups is 1. The minimum Gasteiger partial charge on any atom is -0.294 e. The van der Waals surface area contributed by atoms with Crippen LogP contribution in [-0.4, -0.2) is 19.5 Å². The van der Waals surface area contributed by atoms with Gasteiger partial charge in [0, 0.05) is 17.3 Å². The van der Waals surface area contributed by atoms with E-state index < -0.39 is 16.2 Å². The van der Waals surface area contributed by atoms with Crippen molar-refractivity contribution in [3.8, 4) is 11.3 Å². The topological polar surface area (TPSA) is 93.3 Å². The van der Waals surface area contributed by atoms with E-state index in [-0.39, 0.29) is 5.69 Å². The van der Waals surface area contributed by atoms with Gasteiger partial charge in [-0.2, -0.15) is 4.52 Å². The molecule has 7 heteroatoms. The molecule has 0 atom stereocenters. The number of hydrogen-bond acceptors (Lipinski definition) is 4. The third-order valence-electron chi connectivity index (χ3n) is 2.95. The third kappa shape index (κ3) is 1.76. The van der Waals surface area contributed by atoms with Gasteiger partial charge in [0.05, 0.1) is 4.92 Å². The summed E-state index contributed by atoms with van der Waals surface area (Å²) in [5.41, 5.74) is 0.436. The monoisotopic (exact) mass is 270 g/mol. The van der Waals surface area contributed by atoms with E-state index in [0.29, 0.717) is 16.9 Å². The summed E-state index contributed by atoms with van der Waals surface area (Å²) in [6.45, 7) is 1.75. The highest BCUT2D eigenvalue weighted by Crippen LogP contribution is 2.25. The first kappa shape index (κ1) is 12.1. The molecule has 7 nitrogen and oxygen atoms in total. The van der Waals surface area contributed by atoms with Crippen molar-refractivity contribution >= 4 is 11.3 Å². The molecule has 1 N–H and O–H groups in total. The molecule has 3 aromatic rings. The maximum absolute atomic E-state index is 12.2. The molecule has 0 spiro atoms. The molecule has 1 aromatic carbocycles. The molecule has 0 bridgehead atoms. The Labute approximate surface area is 112 Å². The van der Waals surface area contributed by atoms with E-state index in [1.807, 2.05) is 0 Å². The fourth-order valence-electron chi connectivity index (χ4n) is 2.10. The lowest BCUT2D eigenvalue weighted by Gasteiger charge is -2.02. The van der Waals surface area contributed by atoms with E-state index in [0.717, 1.165) is 4.52 Å². The summed E-state index contributed by atoms with van der Waals surface area (Å²) in [4.78, 5) is 27.0. The van der Waals surface area contributed by atoms with Gasteiger partial charge >= 0.3 is 11.2 Å². The maximum atomic E-state index is 12.2. The first-order chi connectivity index (χ1) is 9.58. The predicted octanol–water partition coefficient (Wildman–Crippen LogP) is 1.91. The number of nitrogens with zero attached hydrogens (tertiary/aromatic N) is 3. The number of aromatic nitrogens is 3. The molecule has 2 heterocycles. The quantitative estimate of drug-likeness (QED) is 0.568. The van der Waals surface area contributed by atoms with Crippen LogP contribution in [0.1, 0.15) is 5.69 Å². The van der Waals surface area contributed by atoms with Crippen LogP contribution >= 0.6 is 0 Å². The number of rotatable bonds is 2. The SMILES string of the molecule is Cc1cc2nc(-c3ccccc3)c([N+](=O)[O-])c(=O)n2[nH]1.